The van der Waals surface area contributed by atoms with Crippen molar-refractivity contribution >= 4 is 37.2 Å². The number of amides is 1. The van der Waals surface area contributed by atoms with Gasteiger partial charge < -0.3 is 4.90 Å². The minimum absolute atomic E-state index is 0.368. The van der Waals surface area contributed by atoms with E-state index in [0.29, 0.717) is 0 Å². The van der Waals surface area contributed by atoms with E-state index in [1.165, 1.54) is 14.1 Å². The van der Waals surface area contributed by atoms with Gasteiger partial charge in [-0.3, -0.25) is 4.79 Å². The summed E-state index contributed by atoms with van der Waals surface area (Å²) in [4.78, 5) is 12.2. The van der Waals surface area contributed by atoms with Crippen LogP contribution in [0.2, 0.25) is 5.02 Å². The summed E-state index contributed by atoms with van der Waals surface area (Å²) in [6.45, 7) is 0. The Morgan fingerprint density at radius 3 is 2.29 bits per heavy atom. The standard InChI is InChI=1S/C9H8Cl2FNO3S/c1-13(2)9(14)5-3-8(17(11,15)16)6(10)4-7(5)12/h3-4H,1-2H3. The largest absolute Gasteiger partial charge is 0.345 e. The lowest BCUT2D eigenvalue weighted by atomic mass is 10.2. The van der Waals surface area contributed by atoms with E-state index in [1.54, 1.807) is 0 Å². The highest BCUT2D eigenvalue weighted by Crippen LogP contribution is 2.28. The molecule has 0 N–H and O–H groups in total. The van der Waals surface area contributed by atoms with Crippen LogP contribution in [0.4, 0.5) is 4.39 Å². The van der Waals surface area contributed by atoms with Crippen molar-refractivity contribution in [3.05, 3.63) is 28.5 Å². The highest BCUT2D eigenvalue weighted by atomic mass is 35.7. The molecule has 0 aliphatic rings. The van der Waals surface area contributed by atoms with Crippen molar-refractivity contribution in [2.75, 3.05) is 14.1 Å². The van der Waals surface area contributed by atoms with Crippen molar-refractivity contribution in [2.45, 2.75) is 4.90 Å². The van der Waals surface area contributed by atoms with Gasteiger partial charge in [-0.2, -0.15) is 0 Å². The van der Waals surface area contributed by atoms with Crippen LogP contribution in [0.5, 0.6) is 0 Å². The summed E-state index contributed by atoms with van der Waals surface area (Å²) >= 11 is 5.54. The fourth-order valence-corrected chi connectivity index (χ4v) is 2.63. The van der Waals surface area contributed by atoms with Crippen molar-refractivity contribution in [3.63, 3.8) is 0 Å². The fraction of sp³-hybridized carbons (Fsp3) is 0.222. The molecule has 0 atom stereocenters. The average molecular weight is 300 g/mol. The van der Waals surface area contributed by atoms with Gasteiger partial charge in [-0.15, -0.1) is 0 Å². The number of benzene rings is 1. The van der Waals surface area contributed by atoms with Gasteiger partial charge in [0.25, 0.3) is 15.0 Å². The van der Waals surface area contributed by atoms with Crippen LogP contribution in [-0.4, -0.2) is 33.3 Å². The molecule has 1 rings (SSSR count). The van der Waals surface area contributed by atoms with Gasteiger partial charge in [0.15, 0.2) is 0 Å². The third-order valence-electron chi connectivity index (χ3n) is 1.92. The third-order valence-corrected chi connectivity index (χ3v) is 3.71. The first-order valence-electron chi connectivity index (χ1n) is 4.30. The van der Waals surface area contributed by atoms with Crippen molar-refractivity contribution < 1.29 is 17.6 Å². The number of nitrogens with zero attached hydrogens (tertiary/aromatic N) is 1. The lowest BCUT2D eigenvalue weighted by Crippen LogP contribution is -2.23. The van der Waals surface area contributed by atoms with Gasteiger partial charge in [0, 0.05) is 24.8 Å². The zero-order valence-electron chi connectivity index (χ0n) is 8.87. The molecule has 0 aliphatic heterocycles. The van der Waals surface area contributed by atoms with Gasteiger partial charge in [0.2, 0.25) is 0 Å². The minimum Gasteiger partial charge on any atom is -0.345 e. The van der Waals surface area contributed by atoms with E-state index in [1.807, 2.05) is 0 Å². The molecule has 1 amide bonds. The molecule has 0 bridgehead atoms. The van der Waals surface area contributed by atoms with E-state index in [-0.39, 0.29) is 5.02 Å². The van der Waals surface area contributed by atoms with E-state index in [2.05, 4.69) is 0 Å². The average Bonchev–Trinajstić information content (AvgIpc) is 2.14. The van der Waals surface area contributed by atoms with Gasteiger partial charge in [-0.1, -0.05) is 11.6 Å². The van der Waals surface area contributed by atoms with Gasteiger partial charge in [0.05, 0.1) is 10.6 Å². The molecular weight excluding hydrogens is 292 g/mol. The molecule has 0 spiro atoms. The molecule has 0 radical (unpaired) electrons. The molecule has 0 aliphatic carbocycles. The first-order chi connectivity index (χ1) is 7.64. The Hall–Kier alpha value is -0.850. The van der Waals surface area contributed by atoms with Gasteiger partial charge in [-0.25, -0.2) is 12.8 Å². The number of hydrogen-bond donors (Lipinski definition) is 0. The Labute approximate surface area is 107 Å². The normalized spacial score (nSPS) is 11.4. The monoisotopic (exact) mass is 299 g/mol. The van der Waals surface area contributed by atoms with Gasteiger partial charge in [0.1, 0.15) is 10.7 Å². The van der Waals surface area contributed by atoms with Crippen LogP contribution >= 0.6 is 22.3 Å². The SMILES string of the molecule is CN(C)C(=O)c1cc(S(=O)(=O)Cl)c(Cl)cc1F. The molecule has 0 saturated carbocycles. The summed E-state index contributed by atoms with van der Waals surface area (Å²) in [5.74, 6) is -1.58. The number of rotatable bonds is 2. The molecule has 0 fully saturated rings. The predicted molar refractivity (Wildman–Crippen MR) is 62.5 cm³/mol. The first kappa shape index (κ1) is 14.2. The molecule has 8 heteroatoms. The summed E-state index contributed by atoms with van der Waals surface area (Å²) in [7, 11) is 3.80. The Balaban J connectivity index is 3.50. The van der Waals surface area contributed by atoms with Crippen LogP contribution in [0.15, 0.2) is 17.0 Å². The molecule has 0 heterocycles. The van der Waals surface area contributed by atoms with Crippen LogP contribution in [0, 0.1) is 5.82 Å². The molecule has 1 aromatic carbocycles. The predicted octanol–water partition coefficient (Wildman–Crippen LogP) is 2.11. The molecule has 0 saturated heterocycles. The highest BCUT2D eigenvalue weighted by molar-refractivity contribution is 8.13. The van der Waals surface area contributed by atoms with Crippen LogP contribution < -0.4 is 0 Å². The lowest BCUT2D eigenvalue weighted by molar-refractivity contribution is 0.0823. The molecule has 17 heavy (non-hydrogen) atoms. The second-order valence-electron chi connectivity index (χ2n) is 3.40. The fourth-order valence-electron chi connectivity index (χ4n) is 1.12. The van der Waals surface area contributed by atoms with Crippen molar-refractivity contribution in [3.8, 4) is 0 Å². The van der Waals surface area contributed by atoms with Crippen LogP contribution in [0.3, 0.4) is 0 Å². The zero-order chi connectivity index (χ0) is 13.4. The molecular formula is C9H8Cl2FNO3S. The smallest absolute Gasteiger partial charge is 0.262 e. The van der Waals surface area contributed by atoms with E-state index in [0.717, 1.165) is 17.0 Å². The quantitative estimate of drug-likeness (QED) is 0.786. The summed E-state index contributed by atoms with van der Waals surface area (Å²) in [6, 6.07) is 1.57. The summed E-state index contributed by atoms with van der Waals surface area (Å²) in [5, 5.41) is -0.368. The maximum absolute atomic E-state index is 13.5. The lowest BCUT2D eigenvalue weighted by Gasteiger charge is -2.12. The van der Waals surface area contributed by atoms with E-state index in [4.69, 9.17) is 22.3 Å². The second-order valence-corrected chi connectivity index (χ2v) is 6.34. The molecule has 4 nitrogen and oxygen atoms in total. The summed E-state index contributed by atoms with van der Waals surface area (Å²) < 4.78 is 35.7. The minimum atomic E-state index is -4.13. The van der Waals surface area contributed by atoms with Gasteiger partial charge in [-0.05, 0) is 12.1 Å². The van der Waals surface area contributed by atoms with Crippen molar-refractivity contribution in [2.24, 2.45) is 0 Å². The molecule has 1 aromatic rings. The van der Waals surface area contributed by atoms with E-state index < -0.39 is 31.2 Å². The summed E-state index contributed by atoms with van der Waals surface area (Å²) in [5.41, 5.74) is -0.404. The van der Waals surface area contributed by atoms with Crippen molar-refractivity contribution in [1.82, 2.24) is 4.90 Å². The molecule has 94 valence electrons. The number of hydrogen-bond acceptors (Lipinski definition) is 3. The van der Waals surface area contributed by atoms with Crippen LogP contribution in [-0.2, 0) is 9.05 Å². The molecule has 0 unspecified atom stereocenters. The van der Waals surface area contributed by atoms with Gasteiger partial charge >= 0.3 is 0 Å². The number of carbonyl (C=O) groups excluding carboxylic acids is 1. The Bertz CT molecular complexity index is 572. The number of halogens is 3. The maximum Gasteiger partial charge on any atom is 0.262 e. The zero-order valence-corrected chi connectivity index (χ0v) is 11.2. The Kier molecular flexibility index (Phi) is 4.01. The Morgan fingerprint density at radius 1 is 1.35 bits per heavy atom. The third kappa shape index (κ3) is 3.08. The maximum atomic E-state index is 13.5. The first-order valence-corrected chi connectivity index (χ1v) is 6.98. The van der Waals surface area contributed by atoms with E-state index in [9.17, 15) is 17.6 Å². The van der Waals surface area contributed by atoms with Crippen LogP contribution in [0.1, 0.15) is 10.4 Å². The van der Waals surface area contributed by atoms with Crippen LogP contribution in [0.25, 0.3) is 0 Å². The summed E-state index contributed by atoms with van der Waals surface area (Å²) in [6.07, 6.45) is 0. The van der Waals surface area contributed by atoms with Crippen molar-refractivity contribution in [1.29, 1.82) is 0 Å². The number of carbonyl (C=O) groups is 1. The topological polar surface area (TPSA) is 54.5 Å². The highest BCUT2D eigenvalue weighted by Gasteiger charge is 2.22. The molecule has 0 aromatic heterocycles. The Morgan fingerprint density at radius 2 is 1.88 bits per heavy atom. The second kappa shape index (κ2) is 4.80. The van der Waals surface area contributed by atoms with E-state index >= 15 is 0 Å².